The number of hydrogen-bond donors (Lipinski definition) is 0. The number of fused-ring (bicyclic) bond motifs is 5. The first-order valence-corrected chi connectivity index (χ1v) is 15.9. The second-order valence-corrected chi connectivity index (χ2v) is 18.4. The highest BCUT2D eigenvalue weighted by atomic mass is 28.4. The van der Waals surface area contributed by atoms with Gasteiger partial charge in [0.2, 0.25) is 0 Å². The lowest BCUT2D eigenvalue weighted by Gasteiger charge is -2.60. The Kier molecular flexibility index (Phi) is 5.71. The zero-order valence-corrected chi connectivity index (χ0v) is 22.5. The highest BCUT2D eigenvalue weighted by Crippen LogP contribution is 2.66. The van der Waals surface area contributed by atoms with Crippen LogP contribution in [-0.2, 0) is 4.43 Å². The predicted octanol–water partition coefficient (Wildman–Crippen LogP) is 7.74. The summed E-state index contributed by atoms with van der Waals surface area (Å²) in [5.41, 5.74) is 2.46. The molecule has 0 N–H and O–H groups in total. The summed E-state index contributed by atoms with van der Waals surface area (Å²) in [7, 11) is -1.72. The van der Waals surface area contributed by atoms with Gasteiger partial charge >= 0.3 is 0 Å². The van der Waals surface area contributed by atoms with E-state index in [1.807, 2.05) is 0 Å². The van der Waals surface area contributed by atoms with Gasteiger partial charge in [-0.15, -0.1) is 0 Å². The fourth-order valence-electron chi connectivity index (χ4n) is 8.39. The molecule has 4 rings (SSSR count). The summed E-state index contributed by atoms with van der Waals surface area (Å²) in [5.74, 6) is 4.20. The first-order valence-electron chi connectivity index (χ1n) is 13.0. The van der Waals surface area contributed by atoms with Gasteiger partial charge in [-0.25, -0.2) is 0 Å². The largest absolute Gasteiger partial charge is 0.414 e. The average Bonchev–Trinajstić information content (AvgIpc) is 2.98. The summed E-state index contributed by atoms with van der Waals surface area (Å²) in [4.78, 5) is 5.08. The Morgan fingerprint density at radius 1 is 1.07 bits per heavy atom. The molecule has 4 aliphatic rings. The Morgan fingerprint density at radius 3 is 2.43 bits per heavy atom. The summed E-state index contributed by atoms with van der Waals surface area (Å²) < 4.78 is 6.99. The van der Waals surface area contributed by atoms with Crippen LogP contribution in [0.4, 0.5) is 0 Å². The maximum Gasteiger partial charge on any atom is 0.192 e. The second kappa shape index (κ2) is 7.44. The molecule has 0 spiro atoms. The zero-order chi connectivity index (χ0) is 22.1. The van der Waals surface area contributed by atoms with Crippen LogP contribution in [0, 0.1) is 40.4 Å². The van der Waals surface area contributed by atoms with Crippen molar-refractivity contribution in [2.24, 2.45) is 45.4 Å². The summed E-state index contributed by atoms with van der Waals surface area (Å²) in [5, 5.41) is 0.293. The first-order chi connectivity index (χ1) is 13.8. The van der Waals surface area contributed by atoms with Crippen LogP contribution in [0.5, 0.6) is 0 Å². The second-order valence-electron chi connectivity index (χ2n) is 13.6. The molecule has 0 aromatic rings. The van der Waals surface area contributed by atoms with E-state index in [2.05, 4.69) is 61.6 Å². The lowest BCUT2D eigenvalue weighted by molar-refractivity contribution is -0.0739. The highest BCUT2D eigenvalue weighted by molar-refractivity contribution is 6.74. The molecule has 0 aromatic carbocycles. The van der Waals surface area contributed by atoms with Gasteiger partial charge in [0.1, 0.15) is 0 Å². The van der Waals surface area contributed by atoms with Gasteiger partial charge in [-0.3, -0.25) is 4.99 Å². The molecule has 3 aliphatic carbocycles. The van der Waals surface area contributed by atoms with Crippen molar-refractivity contribution >= 4 is 14.0 Å². The Labute approximate surface area is 188 Å². The first kappa shape index (κ1) is 23.0. The highest BCUT2D eigenvalue weighted by Gasteiger charge is 2.61. The van der Waals surface area contributed by atoms with Crippen LogP contribution in [0.1, 0.15) is 93.4 Å². The van der Waals surface area contributed by atoms with E-state index in [4.69, 9.17) is 9.42 Å². The van der Waals surface area contributed by atoms with Crippen LogP contribution < -0.4 is 0 Å². The fourth-order valence-corrected chi connectivity index (χ4v) is 9.84. The van der Waals surface area contributed by atoms with Crippen molar-refractivity contribution in [2.45, 2.75) is 118 Å². The van der Waals surface area contributed by atoms with Crippen molar-refractivity contribution < 1.29 is 4.43 Å². The molecule has 1 heterocycles. The van der Waals surface area contributed by atoms with E-state index in [0.717, 1.165) is 36.1 Å². The summed E-state index contributed by atoms with van der Waals surface area (Å²) >= 11 is 0. The quantitative estimate of drug-likeness (QED) is 0.419. The average molecular weight is 432 g/mol. The van der Waals surface area contributed by atoms with Gasteiger partial charge in [0.15, 0.2) is 8.32 Å². The van der Waals surface area contributed by atoms with Gasteiger partial charge in [0.25, 0.3) is 0 Å². The van der Waals surface area contributed by atoms with Crippen molar-refractivity contribution in [3.05, 3.63) is 0 Å². The van der Waals surface area contributed by atoms with Crippen molar-refractivity contribution in [1.29, 1.82) is 0 Å². The van der Waals surface area contributed by atoms with Crippen LogP contribution in [0.15, 0.2) is 4.99 Å². The van der Waals surface area contributed by atoms with Gasteiger partial charge in [0.05, 0.1) is 0 Å². The third-order valence-corrected chi connectivity index (χ3v) is 15.6. The van der Waals surface area contributed by atoms with E-state index < -0.39 is 8.32 Å². The molecule has 0 bridgehead atoms. The molecule has 0 aromatic heterocycles. The molecule has 3 saturated carbocycles. The number of rotatable bonds is 3. The van der Waals surface area contributed by atoms with Crippen molar-refractivity contribution in [3.8, 4) is 0 Å². The lowest BCUT2D eigenvalue weighted by atomic mass is 9.45. The number of aliphatic imine (C=N–C) groups is 1. The number of hydrogen-bond acceptors (Lipinski definition) is 2. The molecule has 0 saturated heterocycles. The van der Waals surface area contributed by atoms with Crippen LogP contribution in [0.2, 0.25) is 18.1 Å². The standard InChI is InChI=1S/C27H49NOSi/c1-18-17-23-27(7,14-10-16-28-23)22-13-15-26(6)20(11-12-21(26)24(18)22)19(2)29-30(8,9)25(3,4)5/h18-22,24H,10-17H2,1-9H3/t18?,19?,20-,21+,22+,24+,26-,27-/m1/s1. The molecular weight excluding hydrogens is 382 g/mol. The van der Waals surface area contributed by atoms with E-state index in [0.29, 0.717) is 22.0 Å². The van der Waals surface area contributed by atoms with E-state index in [1.54, 1.807) is 5.71 Å². The van der Waals surface area contributed by atoms with E-state index in [1.165, 1.54) is 44.9 Å². The van der Waals surface area contributed by atoms with Gasteiger partial charge in [-0.2, -0.15) is 0 Å². The topological polar surface area (TPSA) is 21.6 Å². The normalized spacial score (nSPS) is 45.2. The molecule has 0 radical (unpaired) electrons. The van der Waals surface area contributed by atoms with Gasteiger partial charge < -0.3 is 4.43 Å². The van der Waals surface area contributed by atoms with Gasteiger partial charge in [0, 0.05) is 23.8 Å². The molecule has 8 atom stereocenters. The van der Waals surface area contributed by atoms with Crippen molar-refractivity contribution in [3.63, 3.8) is 0 Å². The maximum absolute atomic E-state index is 6.99. The van der Waals surface area contributed by atoms with Gasteiger partial charge in [-0.1, -0.05) is 41.5 Å². The number of nitrogens with zero attached hydrogens (tertiary/aromatic N) is 1. The van der Waals surface area contributed by atoms with Crippen LogP contribution >= 0.6 is 0 Å². The zero-order valence-electron chi connectivity index (χ0n) is 21.5. The molecule has 1 aliphatic heterocycles. The third-order valence-electron chi connectivity index (χ3n) is 11.1. The monoisotopic (exact) mass is 431 g/mol. The Morgan fingerprint density at radius 2 is 1.77 bits per heavy atom. The molecule has 2 unspecified atom stereocenters. The van der Waals surface area contributed by atoms with Crippen molar-refractivity contribution in [2.75, 3.05) is 6.54 Å². The maximum atomic E-state index is 6.99. The molecule has 3 heteroatoms. The van der Waals surface area contributed by atoms with E-state index in [9.17, 15) is 0 Å². The van der Waals surface area contributed by atoms with Crippen LogP contribution in [0.25, 0.3) is 0 Å². The van der Waals surface area contributed by atoms with Crippen LogP contribution in [0.3, 0.4) is 0 Å². The predicted molar refractivity (Wildman–Crippen MR) is 132 cm³/mol. The Balaban J connectivity index is 1.58. The Hall–Kier alpha value is -0.153. The molecule has 172 valence electrons. The third kappa shape index (κ3) is 3.40. The fraction of sp³-hybridized carbons (Fsp3) is 0.963. The SMILES string of the molecule is CC1CC2=NCCC[C@]2(C)[C@H]2CC[C@]3(C)[C@@H](C(C)O[Si](C)(C)C(C)(C)C)CC[C@H]3[C@H]12. The van der Waals surface area contributed by atoms with E-state index >= 15 is 0 Å². The molecule has 30 heavy (non-hydrogen) atoms. The molecular formula is C27H49NOSi. The Bertz CT molecular complexity index is 693. The van der Waals surface area contributed by atoms with Crippen molar-refractivity contribution in [1.82, 2.24) is 0 Å². The minimum Gasteiger partial charge on any atom is -0.414 e. The minimum absolute atomic E-state index is 0.293. The molecule has 2 nitrogen and oxygen atoms in total. The summed E-state index contributed by atoms with van der Waals surface area (Å²) in [6.45, 7) is 23.3. The lowest BCUT2D eigenvalue weighted by Crippen LogP contribution is -2.56. The smallest absolute Gasteiger partial charge is 0.192 e. The minimum atomic E-state index is -1.72. The van der Waals surface area contributed by atoms with Crippen LogP contribution in [-0.4, -0.2) is 26.7 Å². The van der Waals surface area contributed by atoms with Gasteiger partial charge in [-0.05, 0) is 105 Å². The molecule has 0 amide bonds. The summed E-state index contributed by atoms with van der Waals surface area (Å²) in [6.07, 6.45) is 10.00. The van der Waals surface area contributed by atoms with E-state index in [-0.39, 0.29) is 0 Å². The summed E-state index contributed by atoms with van der Waals surface area (Å²) in [6, 6.07) is 0. The molecule has 3 fully saturated rings.